The highest BCUT2D eigenvalue weighted by atomic mass is 16.4. The van der Waals surface area contributed by atoms with E-state index < -0.39 is 31.0 Å². The second-order valence-electron chi connectivity index (χ2n) is 8.70. The van der Waals surface area contributed by atoms with Crippen molar-refractivity contribution in [2.75, 3.05) is 39.3 Å². The van der Waals surface area contributed by atoms with Crippen molar-refractivity contribution in [1.29, 1.82) is 0 Å². The van der Waals surface area contributed by atoms with E-state index in [9.17, 15) is 19.5 Å². The van der Waals surface area contributed by atoms with Gasteiger partial charge in [0, 0.05) is 39.8 Å². The van der Waals surface area contributed by atoms with Gasteiger partial charge in [-0.25, -0.2) is 0 Å². The van der Waals surface area contributed by atoms with Crippen LogP contribution in [0.25, 0.3) is 0 Å². The molecule has 0 fully saturated rings. The summed E-state index contributed by atoms with van der Waals surface area (Å²) in [7, 11) is 11.6. The minimum absolute atomic E-state index is 0.103. The summed E-state index contributed by atoms with van der Waals surface area (Å²) in [6.07, 6.45) is 12.8. The van der Waals surface area contributed by atoms with Crippen molar-refractivity contribution in [2.24, 2.45) is 0 Å². The molecule has 0 saturated heterocycles. The van der Waals surface area contributed by atoms with Gasteiger partial charge in [0.25, 0.3) is 0 Å². The van der Waals surface area contributed by atoms with Gasteiger partial charge in [-0.3, -0.25) is 29.1 Å². The van der Waals surface area contributed by atoms with Crippen LogP contribution in [0.3, 0.4) is 0 Å². The fraction of sp³-hybridized carbons (Fsp3) is 0.792. The second-order valence-corrected chi connectivity index (χ2v) is 8.70. The third-order valence-corrected chi connectivity index (χ3v) is 5.59. The van der Waals surface area contributed by atoms with E-state index in [-0.39, 0.29) is 25.7 Å². The summed E-state index contributed by atoms with van der Waals surface area (Å²) in [6, 6.07) is -0.259. The van der Waals surface area contributed by atoms with Crippen LogP contribution in [0.15, 0.2) is 0 Å². The smallest absolute Gasteiger partial charge is 0.317 e. The zero-order valence-corrected chi connectivity index (χ0v) is 20.2. The summed E-state index contributed by atoms with van der Waals surface area (Å²) < 4.78 is 0. The van der Waals surface area contributed by atoms with Crippen LogP contribution in [0.2, 0.25) is 0 Å². The Kier molecular flexibility index (Phi) is 18.7. The number of unbranched alkanes of at least 4 members (excludes halogenated alkanes) is 9. The lowest BCUT2D eigenvalue weighted by Crippen LogP contribution is -2.46. The summed E-state index contributed by atoms with van der Waals surface area (Å²) in [5.41, 5.74) is 0. The number of nitrogens with zero attached hydrogens (tertiary/aromatic N) is 3. The summed E-state index contributed by atoms with van der Waals surface area (Å²) in [5.74, 6) is -3.32. The highest BCUT2D eigenvalue weighted by molar-refractivity contribution is 5.72. The number of hydrogen-bond donors (Lipinski definition) is 3. The fourth-order valence-electron chi connectivity index (χ4n) is 3.81. The first-order valence-electron chi connectivity index (χ1n) is 12.0. The Morgan fingerprint density at radius 1 is 0.667 bits per heavy atom. The van der Waals surface area contributed by atoms with E-state index in [0.717, 1.165) is 24.2 Å². The van der Waals surface area contributed by atoms with E-state index in [2.05, 4.69) is 6.92 Å². The standard InChI is InChI=1S/C24H43N3O6/c1-4-5-6-7-8-9-10-11-12-13-14-21(25(2)3)17-26(18-22(28)29)15-16-27(19-23(30)31)20-24(32)33/h2-3,21H,4-20H2,1H3,(H,28,29)(H,30,31)(H,32,33). The van der Waals surface area contributed by atoms with Gasteiger partial charge in [0.05, 0.1) is 19.6 Å². The molecular weight excluding hydrogens is 426 g/mol. The van der Waals surface area contributed by atoms with Crippen molar-refractivity contribution in [2.45, 2.75) is 83.6 Å². The molecular formula is C24H43N3O6. The van der Waals surface area contributed by atoms with Gasteiger partial charge in [0.1, 0.15) is 0 Å². The van der Waals surface area contributed by atoms with E-state index >= 15 is 0 Å². The van der Waals surface area contributed by atoms with Gasteiger partial charge >= 0.3 is 17.9 Å². The maximum Gasteiger partial charge on any atom is 0.317 e. The van der Waals surface area contributed by atoms with Gasteiger partial charge in [-0.15, -0.1) is 0 Å². The van der Waals surface area contributed by atoms with E-state index in [1.807, 2.05) is 0 Å². The molecule has 1 atom stereocenters. The number of hydrogen-bond acceptors (Lipinski definition) is 6. The van der Waals surface area contributed by atoms with Crippen LogP contribution in [0.1, 0.15) is 77.6 Å². The molecule has 0 aromatic heterocycles. The minimum Gasteiger partial charge on any atom is -0.480 e. The maximum atomic E-state index is 11.3. The van der Waals surface area contributed by atoms with Gasteiger partial charge in [-0.1, -0.05) is 71.1 Å². The molecule has 0 saturated carbocycles. The quantitative estimate of drug-likeness (QED) is 0.153. The molecule has 4 radical (unpaired) electrons. The first-order chi connectivity index (χ1) is 15.6. The van der Waals surface area contributed by atoms with Crippen LogP contribution in [-0.2, 0) is 14.4 Å². The van der Waals surface area contributed by atoms with Crippen molar-refractivity contribution < 1.29 is 29.7 Å². The topological polar surface area (TPSA) is 122 Å². The van der Waals surface area contributed by atoms with Gasteiger partial charge in [0.15, 0.2) is 0 Å². The normalized spacial score (nSPS) is 12.5. The lowest BCUT2D eigenvalue weighted by molar-refractivity contribution is -0.143. The average Bonchev–Trinajstić information content (AvgIpc) is 2.70. The van der Waals surface area contributed by atoms with Gasteiger partial charge < -0.3 is 15.3 Å². The lowest BCUT2D eigenvalue weighted by atomic mass is 10.0. The molecule has 0 amide bonds. The van der Waals surface area contributed by atoms with Crippen LogP contribution in [0.5, 0.6) is 0 Å². The zero-order chi connectivity index (χ0) is 25.1. The van der Waals surface area contributed by atoms with E-state index in [4.69, 9.17) is 24.3 Å². The van der Waals surface area contributed by atoms with Gasteiger partial charge in [-0.2, -0.15) is 0 Å². The number of carbonyl (C=O) groups is 3. The maximum absolute atomic E-state index is 11.3. The molecule has 33 heavy (non-hydrogen) atoms. The van der Waals surface area contributed by atoms with E-state index in [1.54, 1.807) is 4.90 Å². The van der Waals surface area contributed by atoms with Crippen molar-refractivity contribution in [1.82, 2.24) is 14.7 Å². The summed E-state index contributed by atoms with van der Waals surface area (Å²) >= 11 is 0. The molecule has 0 aromatic carbocycles. The highest BCUT2D eigenvalue weighted by Gasteiger charge is 2.21. The van der Waals surface area contributed by atoms with Crippen molar-refractivity contribution in [3.63, 3.8) is 0 Å². The van der Waals surface area contributed by atoms with Crippen LogP contribution >= 0.6 is 0 Å². The van der Waals surface area contributed by atoms with Crippen LogP contribution < -0.4 is 0 Å². The minimum atomic E-state index is -1.14. The molecule has 0 aromatic rings. The predicted octanol–water partition coefficient (Wildman–Crippen LogP) is 3.16. The van der Waals surface area contributed by atoms with Crippen molar-refractivity contribution in [3.05, 3.63) is 14.1 Å². The number of carboxylic acid groups (broad SMARTS) is 3. The summed E-state index contributed by atoms with van der Waals surface area (Å²) in [5, 5.41) is 27.2. The largest absolute Gasteiger partial charge is 0.480 e. The Bertz CT molecular complexity index is 528. The molecule has 9 nitrogen and oxygen atoms in total. The Morgan fingerprint density at radius 3 is 1.48 bits per heavy atom. The van der Waals surface area contributed by atoms with Crippen molar-refractivity contribution in [3.8, 4) is 0 Å². The molecule has 0 rings (SSSR count). The molecule has 0 bridgehead atoms. The van der Waals surface area contributed by atoms with Gasteiger partial charge in [0.2, 0.25) is 0 Å². The number of aliphatic carboxylic acids is 3. The predicted molar refractivity (Wildman–Crippen MR) is 126 cm³/mol. The zero-order valence-electron chi connectivity index (χ0n) is 20.2. The van der Waals surface area contributed by atoms with E-state index in [0.29, 0.717) is 13.0 Å². The average molecular weight is 470 g/mol. The molecule has 0 aliphatic carbocycles. The van der Waals surface area contributed by atoms with E-state index in [1.165, 1.54) is 49.8 Å². The second kappa shape index (κ2) is 19.7. The Labute approximate surface area is 199 Å². The molecule has 0 aliphatic rings. The third-order valence-electron chi connectivity index (χ3n) is 5.59. The molecule has 190 valence electrons. The fourth-order valence-corrected chi connectivity index (χ4v) is 3.81. The van der Waals surface area contributed by atoms with Crippen LogP contribution in [0.4, 0.5) is 0 Å². The number of rotatable bonds is 23. The Balaban J connectivity index is 4.50. The number of carboxylic acids is 3. The first kappa shape index (κ1) is 31.3. The summed E-state index contributed by atoms with van der Waals surface area (Å²) in [6.45, 7) is 1.66. The first-order valence-corrected chi connectivity index (χ1v) is 12.0. The Hall–Kier alpha value is -1.71. The highest BCUT2D eigenvalue weighted by Crippen LogP contribution is 2.14. The SMILES string of the molecule is [CH]N([CH])C(CCCCCCCCCCCC)CN(CCN(CC(=O)O)CC(=O)O)CC(=O)O. The summed E-state index contributed by atoms with van der Waals surface area (Å²) in [4.78, 5) is 37.2. The molecule has 1 unspecified atom stereocenters. The molecule has 0 spiro atoms. The van der Waals surface area contributed by atoms with Crippen molar-refractivity contribution >= 4 is 17.9 Å². The molecule has 9 heteroatoms. The molecule has 0 aliphatic heterocycles. The Morgan fingerprint density at radius 2 is 1.06 bits per heavy atom. The monoisotopic (exact) mass is 469 g/mol. The third kappa shape index (κ3) is 19.5. The van der Waals surface area contributed by atoms with Crippen LogP contribution in [-0.4, -0.2) is 93.2 Å². The lowest BCUT2D eigenvalue weighted by Gasteiger charge is -2.31. The van der Waals surface area contributed by atoms with Gasteiger partial charge in [-0.05, 0) is 6.42 Å². The molecule has 0 heterocycles. The molecule has 3 N–H and O–H groups in total. The van der Waals surface area contributed by atoms with Crippen LogP contribution in [0, 0.1) is 14.1 Å².